The maximum atomic E-state index is 9.47. The fourth-order valence-electron chi connectivity index (χ4n) is 0.105. The molecule has 0 aliphatic rings. The van der Waals surface area contributed by atoms with Crippen LogP contribution in [-0.2, 0) is 9.45 Å². The lowest BCUT2D eigenvalue weighted by molar-refractivity contribution is -0.120. The number of carbonyl (C=O) groups excluding carboxylic acids is 1. The molecule has 0 rings (SSSR count). The summed E-state index contributed by atoms with van der Waals surface area (Å²) in [6.07, 6.45) is 0. The molecule has 0 aliphatic carbocycles. The molecular weight excluding hydrogens is 98.8 g/mol. The van der Waals surface area contributed by atoms with Crippen LogP contribution in [0.5, 0.6) is 0 Å². The average molecular weight is 102 g/mol. The second kappa shape index (κ2) is 3.20. The summed E-state index contributed by atoms with van der Waals surface area (Å²) < 4.78 is 3.81. The third-order valence-electron chi connectivity index (χ3n) is 0.275. The van der Waals surface area contributed by atoms with Gasteiger partial charge in [-0.3, -0.25) is 9.59 Å². The highest BCUT2D eigenvalue weighted by molar-refractivity contribution is 6.67. The van der Waals surface area contributed by atoms with Gasteiger partial charge in [0.2, 0.25) is 0 Å². The number of hydrogen-bond acceptors (Lipinski definition) is 3. The van der Waals surface area contributed by atoms with Gasteiger partial charge in [0.05, 0.1) is 0 Å². The summed E-state index contributed by atoms with van der Waals surface area (Å²) in [5, 5.41) is 7.76. The Hall–Kier alpha value is -0.995. The predicted octanol–water partition coefficient (Wildman–Crippen LogP) is -0.811. The molecule has 0 aromatic carbocycles. The molecule has 0 bridgehead atoms. The van der Waals surface area contributed by atoms with Gasteiger partial charge in [0, 0.05) is 0 Å². The Balaban J connectivity index is 2.97. The van der Waals surface area contributed by atoms with Crippen molar-refractivity contribution in [1.82, 2.24) is 0 Å². The van der Waals surface area contributed by atoms with E-state index in [1.165, 1.54) is 0 Å². The Kier molecular flexibility index (Phi) is 2.75. The van der Waals surface area contributed by atoms with E-state index in [1.807, 2.05) is 0 Å². The van der Waals surface area contributed by atoms with Gasteiger partial charge >= 0.3 is 7.48 Å². The standard InChI is InChI=1S/C2H3BO4/c4-1-7-3-2(5)6/h1,3H,(H,5,6). The summed E-state index contributed by atoms with van der Waals surface area (Å²) in [6.45, 7) is 0.0914. The predicted molar refractivity (Wildman–Crippen MR) is 22.3 cm³/mol. The van der Waals surface area contributed by atoms with Gasteiger partial charge in [-0.25, -0.2) is 0 Å². The van der Waals surface area contributed by atoms with Crippen LogP contribution in [0.3, 0.4) is 0 Å². The summed E-state index contributed by atoms with van der Waals surface area (Å²) >= 11 is 0. The van der Waals surface area contributed by atoms with E-state index in [4.69, 9.17) is 5.11 Å². The molecule has 0 atom stereocenters. The molecule has 0 radical (unpaired) electrons. The molecule has 1 N–H and O–H groups in total. The zero-order valence-electron chi connectivity index (χ0n) is 3.46. The fourth-order valence-corrected chi connectivity index (χ4v) is 0.105. The third kappa shape index (κ3) is 5.00. The van der Waals surface area contributed by atoms with Crippen molar-refractivity contribution in [3.8, 4) is 0 Å². The van der Waals surface area contributed by atoms with Gasteiger partial charge in [-0.05, 0) is 0 Å². The van der Waals surface area contributed by atoms with Crippen LogP contribution in [0.2, 0.25) is 0 Å². The lowest BCUT2D eigenvalue weighted by Crippen LogP contribution is -2.08. The van der Waals surface area contributed by atoms with Crippen molar-refractivity contribution in [3.63, 3.8) is 0 Å². The first-order valence-corrected chi connectivity index (χ1v) is 1.54. The van der Waals surface area contributed by atoms with Crippen molar-refractivity contribution in [2.24, 2.45) is 0 Å². The molecule has 0 aromatic rings. The van der Waals surface area contributed by atoms with Crippen molar-refractivity contribution >= 4 is 19.8 Å². The minimum absolute atomic E-state index is 0.0914. The van der Waals surface area contributed by atoms with E-state index >= 15 is 0 Å². The number of carbonyl (C=O) groups is 2. The smallest absolute Gasteiger partial charge is 0.469 e. The first-order chi connectivity index (χ1) is 3.27. The Morgan fingerprint density at radius 1 is 1.86 bits per heavy atom. The first-order valence-electron chi connectivity index (χ1n) is 1.54. The molecule has 0 saturated carbocycles. The Bertz CT molecular complexity index is 79.8. The molecule has 0 saturated heterocycles. The van der Waals surface area contributed by atoms with E-state index in [0.717, 1.165) is 0 Å². The van der Waals surface area contributed by atoms with Crippen LogP contribution in [0.15, 0.2) is 0 Å². The second-order valence-electron chi connectivity index (χ2n) is 0.801. The van der Waals surface area contributed by atoms with Crippen molar-refractivity contribution in [2.45, 2.75) is 0 Å². The van der Waals surface area contributed by atoms with Crippen molar-refractivity contribution < 1.29 is 19.3 Å². The molecule has 0 unspecified atom stereocenters. The maximum Gasteiger partial charge on any atom is 0.469 e. The topological polar surface area (TPSA) is 63.6 Å². The largest absolute Gasteiger partial charge is 0.529 e. The molecule has 0 aliphatic heterocycles. The van der Waals surface area contributed by atoms with Crippen LogP contribution in [0.1, 0.15) is 0 Å². The minimum atomic E-state index is -1.15. The van der Waals surface area contributed by atoms with Crippen LogP contribution in [0.4, 0.5) is 4.79 Å². The molecule has 0 amide bonds. The van der Waals surface area contributed by atoms with Gasteiger partial charge in [0.25, 0.3) is 12.3 Å². The van der Waals surface area contributed by atoms with Gasteiger partial charge in [-0.2, -0.15) is 0 Å². The summed E-state index contributed by atoms with van der Waals surface area (Å²) in [4.78, 5) is 18.7. The highest BCUT2D eigenvalue weighted by atomic mass is 16.5. The zero-order valence-corrected chi connectivity index (χ0v) is 3.46. The Morgan fingerprint density at radius 2 is 2.43 bits per heavy atom. The van der Waals surface area contributed by atoms with E-state index in [2.05, 4.69) is 4.65 Å². The monoisotopic (exact) mass is 102 g/mol. The minimum Gasteiger partial charge on any atom is -0.529 e. The Morgan fingerprint density at radius 3 is 2.57 bits per heavy atom. The molecule has 38 valence electrons. The van der Waals surface area contributed by atoms with Crippen LogP contribution >= 0.6 is 0 Å². The number of carboxylic acid groups (broad SMARTS) is 1. The van der Waals surface area contributed by atoms with E-state index < -0.39 is 13.4 Å². The number of hydrogen-bond donors (Lipinski definition) is 1. The number of rotatable bonds is 3. The molecule has 0 heterocycles. The van der Waals surface area contributed by atoms with Crippen LogP contribution < -0.4 is 0 Å². The highest BCUT2D eigenvalue weighted by Gasteiger charge is 1.98. The third-order valence-corrected chi connectivity index (χ3v) is 0.275. The van der Waals surface area contributed by atoms with Crippen molar-refractivity contribution in [2.75, 3.05) is 0 Å². The summed E-state index contributed by atoms with van der Waals surface area (Å²) in [5.41, 5.74) is 0. The van der Waals surface area contributed by atoms with E-state index in [9.17, 15) is 9.59 Å². The molecule has 5 heteroatoms. The SMILES string of the molecule is O=COBC(=O)O. The molecule has 4 nitrogen and oxygen atoms in total. The van der Waals surface area contributed by atoms with Gasteiger partial charge in [0.15, 0.2) is 0 Å². The van der Waals surface area contributed by atoms with Gasteiger partial charge in [-0.1, -0.05) is 0 Å². The van der Waals surface area contributed by atoms with Crippen LogP contribution in [-0.4, -0.2) is 24.9 Å². The molecular formula is C2H3BO4. The Labute approximate surface area is 40.4 Å². The van der Waals surface area contributed by atoms with Crippen molar-refractivity contribution in [1.29, 1.82) is 0 Å². The van der Waals surface area contributed by atoms with Crippen molar-refractivity contribution in [3.05, 3.63) is 0 Å². The second-order valence-corrected chi connectivity index (χ2v) is 0.801. The molecule has 0 fully saturated rings. The quantitative estimate of drug-likeness (QED) is 0.373. The summed E-state index contributed by atoms with van der Waals surface area (Å²) in [7, 11) is -0.552. The van der Waals surface area contributed by atoms with E-state index in [1.54, 1.807) is 0 Å². The van der Waals surface area contributed by atoms with E-state index in [0.29, 0.717) is 0 Å². The van der Waals surface area contributed by atoms with Crippen LogP contribution in [0, 0.1) is 0 Å². The van der Waals surface area contributed by atoms with Gasteiger partial charge in [-0.15, -0.1) is 0 Å². The molecule has 7 heavy (non-hydrogen) atoms. The van der Waals surface area contributed by atoms with E-state index in [-0.39, 0.29) is 6.47 Å². The lowest BCUT2D eigenvalue weighted by Gasteiger charge is -1.83. The van der Waals surface area contributed by atoms with Crippen LogP contribution in [0.25, 0.3) is 0 Å². The van der Waals surface area contributed by atoms with Gasteiger partial charge < -0.3 is 9.76 Å². The maximum absolute atomic E-state index is 9.47. The summed E-state index contributed by atoms with van der Waals surface area (Å²) in [5.74, 6) is -1.15. The summed E-state index contributed by atoms with van der Waals surface area (Å²) in [6, 6.07) is 0. The first kappa shape index (κ1) is 6.00. The highest BCUT2D eigenvalue weighted by Crippen LogP contribution is 1.62. The fraction of sp³-hybridized carbons (Fsp3) is 0. The normalized spacial score (nSPS) is 6.86. The zero-order chi connectivity index (χ0) is 5.70. The van der Waals surface area contributed by atoms with Gasteiger partial charge in [0.1, 0.15) is 0 Å². The average Bonchev–Trinajstić information content (AvgIpc) is 1.61. The molecule has 0 aromatic heterocycles. The lowest BCUT2D eigenvalue weighted by atomic mass is 10.0. The molecule has 0 spiro atoms.